The highest BCUT2D eigenvalue weighted by molar-refractivity contribution is 5.88. The third-order valence-electron chi connectivity index (χ3n) is 2.99. The monoisotopic (exact) mass is 240 g/mol. The summed E-state index contributed by atoms with van der Waals surface area (Å²) in [7, 11) is 0. The Bertz CT molecular complexity index is 313. The van der Waals surface area contributed by atoms with Gasteiger partial charge < -0.3 is 9.47 Å². The summed E-state index contributed by atoms with van der Waals surface area (Å²) in [6.45, 7) is 6.72. The minimum Gasteiger partial charge on any atom is -0.461 e. The summed E-state index contributed by atoms with van der Waals surface area (Å²) in [4.78, 5) is 22.3. The van der Waals surface area contributed by atoms with Crippen molar-refractivity contribution in [3.05, 3.63) is 12.2 Å². The Morgan fingerprint density at radius 2 is 1.82 bits per heavy atom. The van der Waals surface area contributed by atoms with Crippen molar-refractivity contribution in [1.29, 1.82) is 0 Å². The average molecular weight is 240 g/mol. The van der Waals surface area contributed by atoms with Crippen molar-refractivity contribution in [2.75, 3.05) is 6.61 Å². The van der Waals surface area contributed by atoms with Crippen molar-refractivity contribution >= 4 is 11.9 Å². The highest BCUT2D eigenvalue weighted by atomic mass is 16.6. The summed E-state index contributed by atoms with van der Waals surface area (Å²) in [5.41, 5.74) is -0.193. The molecule has 0 aromatic carbocycles. The van der Waals surface area contributed by atoms with Crippen molar-refractivity contribution in [1.82, 2.24) is 0 Å². The van der Waals surface area contributed by atoms with Crippen LogP contribution < -0.4 is 0 Å². The average Bonchev–Trinajstić information content (AvgIpc) is 2.26. The number of esters is 2. The van der Waals surface area contributed by atoms with E-state index in [1.165, 1.54) is 13.3 Å². The fourth-order valence-corrected chi connectivity index (χ4v) is 1.95. The molecule has 0 N–H and O–H groups in total. The van der Waals surface area contributed by atoms with Gasteiger partial charge in [0.1, 0.15) is 12.2 Å². The predicted molar refractivity (Wildman–Crippen MR) is 63.4 cm³/mol. The second-order valence-electron chi connectivity index (χ2n) is 4.78. The number of hydrogen-bond acceptors (Lipinski definition) is 4. The molecule has 0 atom stereocenters. The quantitative estimate of drug-likeness (QED) is 0.559. The molecule has 0 bridgehead atoms. The van der Waals surface area contributed by atoms with Crippen molar-refractivity contribution < 1.29 is 19.1 Å². The van der Waals surface area contributed by atoms with E-state index in [4.69, 9.17) is 9.47 Å². The second-order valence-corrected chi connectivity index (χ2v) is 4.78. The third kappa shape index (κ3) is 4.59. The van der Waals surface area contributed by atoms with E-state index in [0.717, 1.165) is 25.7 Å². The number of rotatable bonds is 4. The van der Waals surface area contributed by atoms with Crippen LogP contribution in [0.4, 0.5) is 0 Å². The third-order valence-corrected chi connectivity index (χ3v) is 2.99. The molecular weight excluding hydrogens is 220 g/mol. The molecule has 0 unspecified atom stereocenters. The SMILES string of the molecule is C=C(COC(C)=O)C(=O)OC1(C)CCCCC1. The fraction of sp³-hybridized carbons (Fsp3) is 0.692. The zero-order chi connectivity index (χ0) is 12.9. The van der Waals surface area contributed by atoms with Gasteiger partial charge in [-0.2, -0.15) is 0 Å². The van der Waals surface area contributed by atoms with Crippen LogP contribution in [-0.2, 0) is 19.1 Å². The first-order valence-corrected chi connectivity index (χ1v) is 5.97. The second kappa shape index (κ2) is 5.84. The van der Waals surface area contributed by atoms with Gasteiger partial charge in [-0.15, -0.1) is 0 Å². The van der Waals surface area contributed by atoms with Gasteiger partial charge >= 0.3 is 11.9 Å². The van der Waals surface area contributed by atoms with Crippen molar-refractivity contribution in [3.63, 3.8) is 0 Å². The Morgan fingerprint density at radius 3 is 2.35 bits per heavy atom. The standard InChI is InChI=1S/C13H20O4/c1-10(9-16-11(2)14)12(15)17-13(3)7-5-4-6-8-13/h1,4-9H2,2-3H3. The molecule has 0 aromatic heterocycles. The van der Waals surface area contributed by atoms with Crippen LogP contribution in [0.25, 0.3) is 0 Å². The molecule has 0 aromatic rings. The molecule has 0 saturated heterocycles. The van der Waals surface area contributed by atoms with Gasteiger partial charge in [-0.25, -0.2) is 4.79 Å². The van der Waals surface area contributed by atoms with E-state index < -0.39 is 11.9 Å². The summed E-state index contributed by atoms with van der Waals surface area (Å²) < 4.78 is 10.2. The van der Waals surface area contributed by atoms with Crippen LogP contribution >= 0.6 is 0 Å². The minimum atomic E-state index is -0.462. The maximum atomic E-state index is 11.7. The molecule has 0 amide bonds. The highest BCUT2D eigenvalue weighted by Gasteiger charge is 2.31. The zero-order valence-electron chi connectivity index (χ0n) is 10.6. The lowest BCUT2D eigenvalue weighted by atomic mass is 9.86. The summed E-state index contributed by atoms with van der Waals surface area (Å²) in [6, 6.07) is 0. The van der Waals surface area contributed by atoms with Crippen LogP contribution in [0, 0.1) is 0 Å². The van der Waals surface area contributed by atoms with Crippen LogP contribution in [0.15, 0.2) is 12.2 Å². The van der Waals surface area contributed by atoms with Crippen molar-refractivity contribution in [2.45, 2.75) is 51.6 Å². The lowest BCUT2D eigenvalue weighted by molar-refractivity contribution is -0.157. The number of carbonyl (C=O) groups excluding carboxylic acids is 2. The molecular formula is C13H20O4. The van der Waals surface area contributed by atoms with Crippen LogP contribution in [0.2, 0.25) is 0 Å². The molecule has 1 aliphatic rings. The summed E-state index contributed by atoms with van der Waals surface area (Å²) in [6.07, 6.45) is 5.14. The van der Waals surface area contributed by atoms with E-state index in [1.807, 2.05) is 6.92 Å². The largest absolute Gasteiger partial charge is 0.461 e. The molecule has 96 valence electrons. The lowest BCUT2D eigenvalue weighted by Crippen LogP contribution is -2.34. The normalized spacial score (nSPS) is 18.2. The first-order valence-electron chi connectivity index (χ1n) is 5.97. The first-order chi connectivity index (χ1) is 7.93. The first kappa shape index (κ1) is 13.7. The minimum absolute atomic E-state index is 0.0930. The van der Waals surface area contributed by atoms with E-state index in [9.17, 15) is 9.59 Å². The molecule has 4 nitrogen and oxygen atoms in total. The molecule has 1 fully saturated rings. The summed E-state index contributed by atoms with van der Waals surface area (Å²) in [5, 5.41) is 0. The molecule has 1 rings (SSSR count). The zero-order valence-corrected chi connectivity index (χ0v) is 10.6. The maximum Gasteiger partial charge on any atom is 0.337 e. The lowest BCUT2D eigenvalue weighted by Gasteiger charge is -2.33. The topological polar surface area (TPSA) is 52.6 Å². The predicted octanol–water partition coefficient (Wildman–Crippen LogP) is 2.37. The van der Waals surface area contributed by atoms with Gasteiger partial charge in [-0.05, 0) is 32.6 Å². The molecule has 0 radical (unpaired) electrons. The van der Waals surface area contributed by atoms with Crippen LogP contribution in [-0.4, -0.2) is 24.1 Å². The van der Waals surface area contributed by atoms with E-state index in [2.05, 4.69) is 6.58 Å². The molecule has 0 spiro atoms. The summed E-state index contributed by atoms with van der Waals surface area (Å²) >= 11 is 0. The van der Waals surface area contributed by atoms with Crippen molar-refractivity contribution in [2.24, 2.45) is 0 Å². The van der Waals surface area contributed by atoms with Gasteiger partial charge in [-0.3, -0.25) is 4.79 Å². The Balaban J connectivity index is 2.42. The molecule has 17 heavy (non-hydrogen) atoms. The number of hydrogen-bond donors (Lipinski definition) is 0. The van der Waals surface area contributed by atoms with Gasteiger partial charge in [-0.1, -0.05) is 13.0 Å². The highest BCUT2D eigenvalue weighted by Crippen LogP contribution is 2.31. The van der Waals surface area contributed by atoms with Gasteiger partial charge in [0.15, 0.2) is 0 Å². The van der Waals surface area contributed by atoms with Crippen LogP contribution in [0.1, 0.15) is 46.0 Å². The van der Waals surface area contributed by atoms with Crippen LogP contribution in [0.3, 0.4) is 0 Å². The Morgan fingerprint density at radius 1 is 1.24 bits per heavy atom. The van der Waals surface area contributed by atoms with E-state index in [1.54, 1.807) is 0 Å². The van der Waals surface area contributed by atoms with E-state index in [0.29, 0.717) is 0 Å². The van der Waals surface area contributed by atoms with Crippen molar-refractivity contribution in [3.8, 4) is 0 Å². The molecule has 1 saturated carbocycles. The number of ether oxygens (including phenoxy) is 2. The Kier molecular flexibility index (Phi) is 4.73. The van der Waals surface area contributed by atoms with Gasteiger partial charge in [0.25, 0.3) is 0 Å². The maximum absolute atomic E-state index is 11.7. The molecule has 1 aliphatic carbocycles. The molecule has 4 heteroatoms. The van der Waals surface area contributed by atoms with Gasteiger partial charge in [0, 0.05) is 6.92 Å². The Labute approximate surface area is 102 Å². The van der Waals surface area contributed by atoms with Crippen LogP contribution in [0.5, 0.6) is 0 Å². The number of carbonyl (C=O) groups is 2. The van der Waals surface area contributed by atoms with E-state index >= 15 is 0 Å². The Hall–Kier alpha value is -1.32. The molecule has 0 aliphatic heterocycles. The summed E-state index contributed by atoms with van der Waals surface area (Å²) in [5.74, 6) is -0.890. The van der Waals surface area contributed by atoms with E-state index in [-0.39, 0.29) is 17.8 Å². The molecule has 0 heterocycles. The van der Waals surface area contributed by atoms with Gasteiger partial charge in [0.05, 0.1) is 5.57 Å². The fourth-order valence-electron chi connectivity index (χ4n) is 1.95. The smallest absolute Gasteiger partial charge is 0.337 e. The van der Waals surface area contributed by atoms with Gasteiger partial charge in [0.2, 0.25) is 0 Å².